The molecule has 0 aliphatic heterocycles. The van der Waals surface area contributed by atoms with Gasteiger partial charge in [-0.05, 0) is 0 Å². The second-order valence-electron chi connectivity index (χ2n) is 2.38. The Bertz CT molecular complexity index is 293. The molecule has 0 heterocycles. The Hall–Kier alpha value is -0.520. The normalized spacial score (nSPS) is 8.63. The van der Waals surface area contributed by atoms with Gasteiger partial charge in [0.15, 0.2) is 0 Å². The molecule has 0 aliphatic rings. The van der Waals surface area contributed by atoms with Crippen LogP contribution in [-0.4, -0.2) is 49.6 Å². The van der Waals surface area contributed by atoms with Crippen LogP contribution in [0.15, 0.2) is 0 Å². The number of phosphoric acid groups is 1. The number of rotatable bonds is 4. The maximum atomic E-state index is 9.64. The molecule has 0 aromatic heterocycles. The van der Waals surface area contributed by atoms with Gasteiger partial charge in [0.05, 0.1) is 19.4 Å². The number of hydrogen-bond acceptors (Lipinski definition) is 6. The molecule has 0 bridgehead atoms. The molecule has 0 rings (SSSR count). The van der Waals surface area contributed by atoms with Crippen molar-refractivity contribution in [2.24, 2.45) is 5.73 Å². The number of nitrogens with two attached hydrogens (primary N) is 1. The van der Waals surface area contributed by atoms with Crippen molar-refractivity contribution in [3.63, 3.8) is 0 Å². The van der Waals surface area contributed by atoms with Crippen molar-refractivity contribution in [2.75, 3.05) is 6.54 Å². The van der Waals surface area contributed by atoms with E-state index in [4.69, 9.17) is 34.6 Å². The number of carbonyl (C=O) groups is 3. The molecule has 108 valence electrons. The third kappa shape index (κ3) is 99.8. The summed E-state index contributed by atoms with van der Waals surface area (Å²) in [5.74, 6) is -3.12. The minimum absolute atomic E-state index is 0. The Labute approximate surface area is 129 Å². The van der Waals surface area contributed by atoms with E-state index in [0.29, 0.717) is 0 Å². The summed E-state index contributed by atoms with van der Waals surface area (Å²) in [7, 11) is -4.89. The standard InChI is InChI=1S/C4H6O4.C2H5NO2.Na.H3O4P/c5-3(6)1-2-4(7)8;3-1-2(4)5;;1-5(2,3)4/h1-2H2,(H,5,6)(H,7,8);1,3H2,(H,4,5);;(H3,1,2,3,4)/q;;+1;/p-1. The molecule has 7 N–H and O–H groups in total. The molecule has 0 aliphatic carbocycles. The van der Waals surface area contributed by atoms with Crippen molar-refractivity contribution in [3.05, 3.63) is 0 Å². The van der Waals surface area contributed by atoms with Gasteiger partial charge in [-0.3, -0.25) is 18.9 Å². The Morgan fingerprint density at radius 1 is 0.947 bits per heavy atom. The maximum Gasteiger partial charge on any atom is 1.00 e. The van der Waals surface area contributed by atoms with Gasteiger partial charge >= 0.3 is 47.5 Å². The van der Waals surface area contributed by atoms with Crippen molar-refractivity contribution in [2.45, 2.75) is 12.8 Å². The minimum Gasteiger partial charge on any atom is -0.756 e. The largest absolute Gasteiger partial charge is 1.00 e. The number of carboxylic acids is 3. The van der Waals surface area contributed by atoms with Gasteiger partial charge in [-0.25, -0.2) is 0 Å². The van der Waals surface area contributed by atoms with Gasteiger partial charge in [0.2, 0.25) is 0 Å². The van der Waals surface area contributed by atoms with E-state index >= 15 is 0 Å². The first-order valence-electron chi connectivity index (χ1n) is 4.02. The smallest absolute Gasteiger partial charge is 0.756 e. The first-order chi connectivity index (χ1) is 7.90. The molecule has 0 atom stereocenters. The fourth-order valence-electron chi connectivity index (χ4n) is 0.214. The number of hydrogen-bond donors (Lipinski definition) is 6. The predicted molar refractivity (Wildman–Crippen MR) is 53.2 cm³/mol. The van der Waals surface area contributed by atoms with E-state index in [2.05, 4.69) is 5.73 Å². The van der Waals surface area contributed by atoms with Crippen LogP contribution in [0.2, 0.25) is 0 Å². The van der Waals surface area contributed by atoms with Crippen molar-refractivity contribution in [3.8, 4) is 0 Å². The van der Waals surface area contributed by atoms with Crippen LogP contribution < -0.4 is 40.2 Å². The Balaban J connectivity index is -0.0000000906. The van der Waals surface area contributed by atoms with E-state index in [9.17, 15) is 14.4 Å². The molecule has 11 nitrogen and oxygen atoms in total. The molecule has 0 radical (unpaired) electrons. The van der Waals surface area contributed by atoms with Crippen LogP contribution in [0.25, 0.3) is 0 Å². The molecule has 0 saturated carbocycles. The zero-order valence-corrected chi connectivity index (χ0v) is 12.8. The van der Waals surface area contributed by atoms with E-state index in [1.54, 1.807) is 0 Å². The van der Waals surface area contributed by atoms with E-state index in [-0.39, 0.29) is 48.9 Å². The summed E-state index contributed by atoms with van der Waals surface area (Å²) < 4.78 is 8.77. The van der Waals surface area contributed by atoms with Crippen LogP contribution in [0.3, 0.4) is 0 Å². The second kappa shape index (κ2) is 15.5. The van der Waals surface area contributed by atoms with Crippen LogP contribution in [0.1, 0.15) is 12.8 Å². The molecule has 0 unspecified atom stereocenters. The second-order valence-corrected chi connectivity index (χ2v) is 3.36. The molecule has 0 aromatic rings. The topological polar surface area (TPSA) is 219 Å². The molecule has 0 fully saturated rings. The zero-order valence-electron chi connectivity index (χ0n) is 9.92. The molecule has 0 spiro atoms. The summed E-state index contributed by atoms with van der Waals surface area (Å²) in [5, 5.41) is 23.4. The average molecular weight is 313 g/mol. The molecule has 0 amide bonds. The molecule has 13 heteroatoms. The van der Waals surface area contributed by atoms with E-state index < -0.39 is 25.7 Å². The van der Waals surface area contributed by atoms with Gasteiger partial charge in [0, 0.05) is 0 Å². The summed E-state index contributed by atoms with van der Waals surface area (Å²) in [6.07, 6.45) is -0.593. The first kappa shape index (κ1) is 26.9. The number of carboxylic acid groups (broad SMARTS) is 3. The van der Waals surface area contributed by atoms with Crippen molar-refractivity contribution in [1.29, 1.82) is 0 Å². The predicted octanol–water partition coefficient (Wildman–Crippen LogP) is -5.59. The van der Waals surface area contributed by atoms with Gasteiger partial charge < -0.3 is 35.7 Å². The van der Waals surface area contributed by atoms with Crippen LogP contribution in [0.4, 0.5) is 0 Å². The van der Waals surface area contributed by atoms with Gasteiger partial charge in [0.1, 0.15) is 0 Å². The van der Waals surface area contributed by atoms with Crippen LogP contribution >= 0.6 is 7.82 Å². The Morgan fingerprint density at radius 2 is 1.11 bits per heavy atom. The van der Waals surface area contributed by atoms with Gasteiger partial charge in [-0.2, -0.15) is 0 Å². The summed E-state index contributed by atoms with van der Waals surface area (Å²) in [5.41, 5.74) is 4.57. The van der Waals surface area contributed by atoms with E-state index in [0.717, 1.165) is 0 Å². The molecule has 0 saturated heterocycles. The SMILES string of the molecule is NCC(=O)O.O=C(O)CCC(=O)O.O=P([O-])(O)O.[Na+]. The number of aliphatic carboxylic acids is 3. The monoisotopic (exact) mass is 313 g/mol. The zero-order chi connectivity index (χ0) is 15.4. The Kier molecular flexibility index (Phi) is 22.0. The first-order valence-corrected chi connectivity index (χ1v) is 5.55. The summed E-state index contributed by atoms with van der Waals surface area (Å²) in [6.45, 7) is -0.278. The van der Waals surface area contributed by atoms with Gasteiger partial charge in [-0.1, -0.05) is 0 Å². The fourth-order valence-corrected chi connectivity index (χ4v) is 0.214. The summed E-state index contributed by atoms with van der Waals surface area (Å²) >= 11 is 0. The van der Waals surface area contributed by atoms with E-state index in [1.165, 1.54) is 0 Å². The van der Waals surface area contributed by atoms with E-state index in [1.807, 2.05) is 0 Å². The average Bonchev–Trinajstić information content (AvgIpc) is 2.13. The maximum absolute atomic E-state index is 9.64. The molecular weight excluding hydrogens is 300 g/mol. The van der Waals surface area contributed by atoms with Crippen molar-refractivity contribution < 1.29 is 78.5 Å². The quantitative estimate of drug-likeness (QED) is 0.212. The van der Waals surface area contributed by atoms with Gasteiger partial charge in [-0.15, -0.1) is 0 Å². The molecule has 19 heavy (non-hydrogen) atoms. The molecule has 0 aromatic carbocycles. The molecular formula is C6H13NNaO10P. The van der Waals surface area contributed by atoms with Gasteiger partial charge in [0.25, 0.3) is 7.82 Å². The third-order valence-corrected chi connectivity index (χ3v) is 0.727. The third-order valence-electron chi connectivity index (χ3n) is 0.727. The summed E-state index contributed by atoms with van der Waals surface area (Å²) in [4.78, 5) is 51.4. The fraction of sp³-hybridized carbons (Fsp3) is 0.500. The van der Waals surface area contributed by atoms with Crippen LogP contribution in [0.5, 0.6) is 0 Å². The van der Waals surface area contributed by atoms with Crippen LogP contribution in [-0.2, 0) is 18.9 Å². The Morgan fingerprint density at radius 3 is 1.16 bits per heavy atom. The van der Waals surface area contributed by atoms with Crippen LogP contribution in [0, 0.1) is 0 Å². The minimum atomic E-state index is -4.89. The summed E-state index contributed by atoms with van der Waals surface area (Å²) in [6, 6.07) is 0. The van der Waals surface area contributed by atoms with Crippen molar-refractivity contribution >= 4 is 25.7 Å². The van der Waals surface area contributed by atoms with Crippen molar-refractivity contribution in [1.82, 2.24) is 0 Å².